The lowest BCUT2D eigenvalue weighted by molar-refractivity contribution is -0.137. The molecule has 5 nitrogen and oxygen atoms in total. The van der Waals surface area contributed by atoms with Crippen LogP contribution in [0.4, 0.5) is 13.2 Å². The second kappa shape index (κ2) is 8.24. The largest absolute Gasteiger partial charge is 0.416 e. The zero-order valence-corrected chi connectivity index (χ0v) is 14.9. The van der Waals surface area contributed by atoms with Crippen LogP contribution in [0, 0.1) is 0 Å². The molecule has 0 bridgehead atoms. The fourth-order valence-corrected chi connectivity index (χ4v) is 2.82. The van der Waals surface area contributed by atoms with Gasteiger partial charge in [0.2, 0.25) is 5.91 Å². The summed E-state index contributed by atoms with van der Waals surface area (Å²) in [7, 11) is 0. The van der Waals surface area contributed by atoms with Crippen molar-refractivity contribution in [1.82, 2.24) is 14.9 Å². The molecule has 0 saturated heterocycles. The van der Waals surface area contributed by atoms with Crippen molar-refractivity contribution in [1.29, 1.82) is 0 Å². The van der Waals surface area contributed by atoms with E-state index in [0.29, 0.717) is 29.4 Å². The monoisotopic (exact) mass is 389 g/mol. The highest BCUT2D eigenvalue weighted by atomic mass is 19.4. The number of aromatic nitrogens is 2. The molecule has 3 rings (SSSR count). The van der Waals surface area contributed by atoms with Gasteiger partial charge in [0.1, 0.15) is 0 Å². The molecule has 28 heavy (non-hydrogen) atoms. The van der Waals surface area contributed by atoms with E-state index in [2.05, 4.69) is 10.3 Å². The third-order valence-electron chi connectivity index (χ3n) is 4.28. The molecule has 8 heteroatoms. The van der Waals surface area contributed by atoms with Crippen LogP contribution in [0.3, 0.4) is 0 Å². The SMILES string of the molecule is O=C(CCCn1cnc2ccccc2c1=O)NCc1cccc(C(F)(F)F)c1. The van der Waals surface area contributed by atoms with Crippen LogP contribution in [0.1, 0.15) is 24.0 Å². The molecule has 0 aliphatic heterocycles. The molecule has 0 spiro atoms. The number of benzene rings is 2. The number of para-hydroxylation sites is 1. The fourth-order valence-electron chi connectivity index (χ4n) is 2.82. The fraction of sp³-hybridized carbons (Fsp3) is 0.250. The molecule has 146 valence electrons. The average molecular weight is 389 g/mol. The van der Waals surface area contributed by atoms with E-state index in [1.165, 1.54) is 23.0 Å². The number of fused-ring (bicyclic) bond motifs is 1. The van der Waals surface area contributed by atoms with Crippen LogP contribution < -0.4 is 10.9 Å². The van der Waals surface area contributed by atoms with Crippen LogP contribution >= 0.6 is 0 Å². The number of halogens is 3. The Hall–Kier alpha value is -3.16. The Morgan fingerprint density at radius 2 is 1.89 bits per heavy atom. The van der Waals surface area contributed by atoms with Crippen molar-refractivity contribution in [2.24, 2.45) is 0 Å². The molecule has 1 N–H and O–H groups in total. The molecule has 0 radical (unpaired) electrons. The van der Waals surface area contributed by atoms with Crippen molar-refractivity contribution >= 4 is 16.8 Å². The Kier molecular flexibility index (Phi) is 5.77. The van der Waals surface area contributed by atoms with Crippen LogP contribution in [0.2, 0.25) is 0 Å². The molecule has 0 atom stereocenters. The van der Waals surface area contributed by atoms with E-state index in [9.17, 15) is 22.8 Å². The van der Waals surface area contributed by atoms with Gasteiger partial charge in [0.15, 0.2) is 0 Å². The highest BCUT2D eigenvalue weighted by Crippen LogP contribution is 2.29. The normalized spacial score (nSPS) is 11.5. The smallest absolute Gasteiger partial charge is 0.352 e. The Morgan fingerprint density at radius 1 is 1.11 bits per heavy atom. The number of hydrogen-bond donors (Lipinski definition) is 1. The minimum absolute atomic E-state index is 0.0141. The highest BCUT2D eigenvalue weighted by molar-refractivity contribution is 5.77. The van der Waals surface area contributed by atoms with Gasteiger partial charge in [0.25, 0.3) is 5.56 Å². The van der Waals surface area contributed by atoms with Gasteiger partial charge in [-0.05, 0) is 36.2 Å². The standard InChI is InChI=1S/C20H18F3N3O2/c21-20(22,23)15-6-3-5-14(11-15)12-24-18(27)9-4-10-26-13-25-17-8-2-1-7-16(17)19(26)28/h1-3,5-8,11,13H,4,9-10,12H2,(H,24,27). The van der Waals surface area contributed by atoms with E-state index in [1.807, 2.05) is 0 Å². The summed E-state index contributed by atoms with van der Waals surface area (Å²) >= 11 is 0. The van der Waals surface area contributed by atoms with Crippen molar-refractivity contribution in [3.63, 3.8) is 0 Å². The van der Waals surface area contributed by atoms with Gasteiger partial charge < -0.3 is 5.32 Å². The minimum Gasteiger partial charge on any atom is -0.352 e. The summed E-state index contributed by atoms with van der Waals surface area (Å²) in [6.07, 6.45) is -2.40. The van der Waals surface area contributed by atoms with E-state index >= 15 is 0 Å². The summed E-state index contributed by atoms with van der Waals surface area (Å²) in [6.45, 7) is 0.341. The number of aryl methyl sites for hydroxylation is 1. The Bertz CT molecular complexity index is 1040. The van der Waals surface area contributed by atoms with Gasteiger partial charge in [0, 0.05) is 19.5 Å². The van der Waals surface area contributed by atoms with Gasteiger partial charge in [-0.25, -0.2) is 4.98 Å². The van der Waals surface area contributed by atoms with Crippen LogP contribution in [-0.2, 0) is 24.1 Å². The number of carbonyl (C=O) groups excluding carboxylic acids is 1. The molecule has 1 heterocycles. The molecule has 1 aromatic heterocycles. The van der Waals surface area contributed by atoms with Crippen molar-refractivity contribution < 1.29 is 18.0 Å². The molecule has 2 aromatic carbocycles. The number of rotatable bonds is 6. The third-order valence-corrected chi connectivity index (χ3v) is 4.28. The number of hydrogen-bond acceptors (Lipinski definition) is 3. The van der Waals surface area contributed by atoms with Crippen LogP contribution in [0.25, 0.3) is 10.9 Å². The minimum atomic E-state index is -4.42. The van der Waals surface area contributed by atoms with Crippen LogP contribution in [-0.4, -0.2) is 15.5 Å². The number of nitrogens with zero attached hydrogens (tertiary/aromatic N) is 2. The summed E-state index contributed by atoms with van der Waals surface area (Å²) < 4.78 is 39.6. The number of carbonyl (C=O) groups is 1. The first-order valence-electron chi connectivity index (χ1n) is 8.71. The first-order valence-corrected chi connectivity index (χ1v) is 8.71. The van der Waals surface area contributed by atoms with E-state index in [4.69, 9.17) is 0 Å². The Balaban J connectivity index is 1.52. The Labute approximate surface area is 158 Å². The third kappa shape index (κ3) is 4.76. The van der Waals surface area contributed by atoms with Gasteiger partial charge in [-0.2, -0.15) is 13.2 Å². The van der Waals surface area contributed by atoms with Crippen LogP contribution in [0.15, 0.2) is 59.7 Å². The highest BCUT2D eigenvalue weighted by Gasteiger charge is 2.30. The van der Waals surface area contributed by atoms with Crippen molar-refractivity contribution in [3.05, 3.63) is 76.3 Å². The summed E-state index contributed by atoms with van der Waals surface area (Å²) in [5.41, 5.74) is 0.0677. The Morgan fingerprint density at radius 3 is 2.68 bits per heavy atom. The average Bonchev–Trinajstić information content (AvgIpc) is 2.68. The summed E-state index contributed by atoms with van der Waals surface area (Å²) in [5.74, 6) is -0.292. The maximum absolute atomic E-state index is 12.7. The second-order valence-electron chi connectivity index (χ2n) is 6.34. The van der Waals surface area contributed by atoms with Gasteiger partial charge in [0.05, 0.1) is 22.8 Å². The van der Waals surface area contributed by atoms with E-state index in [0.717, 1.165) is 12.1 Å². The molecule has 1 amide bonds. The van der Waals surface area contributed by atoms with E-state index < -0.39 is 11.7 Å². The quantitative estimate of drug-likeness (QED) is 0.702. The van der Waals surface area contributed by atoms with Gasteiger partial charge in [-0.3, -0.25) is 14.2 Å². The molecule has 0 fully saturated rings. The summed E-state index contributed by atoms with van der Waals surface area (Å²) in [4.78, 5) is 28.5. The molecule has 0 saturated carbocycles. The zero-order valence-electron chi connectivity index (χ0n) is 14.9. The van der Waals surface area contributed by atoms with Crippen molar-refractivity contribution in [3.8, 4) is 0 Å². The van der Waals surface area contributed by atoms with Gasteiger partial charge in [-0.1, -0.05) is 24.3 Å². The maximum atomic E-state index is 12.7. The number of amides is 1. The lowest BCUT2D eigenvalue weighted by Gasteiger charge is -2.10. The molecule has 3 aromatic rings. The molecular formula is C20H18F3N3O2. The van der Waals surface area contributed by atoms with E-state index in [1.54, 1.807) is 24.3 Å². The van der Waals surface area contributed by atoms with Crippen LogP contribution in [0.5, 0.6) is 0 Å². The molecule has 0 aliphatic rings. The van der Waals surface area contributed by atoms with E-state index in [-0.39, 0.29) is 24.4 Å². The molecular weight excluding hydrogens is 371 g/mol. The lowest BCUT2D eigenvalue weighted by Crippen LogP contribution is -2.25. The number of nitrogens with one attached hydrogen (secondary N) is 1. The summed E-state index contributed by atoms with van der Waals surface area (Å²) in [5, 5.41) is 3.11. The predicted molar refractivity (Wildman–Crippen MR) is 98.5 cm³/mol. The summed E-state index contributed by atoms with van der Waals surface area (Å²) in [6, 6.07) is 11.8. The van der Waals surface area contributed by atoms with Gasteiger partial charge in [-0.15, -0.1) is 0 Å². The first-order chi connectivity index (χ1) is 13.3. The topological polar surface area (TPSA) is 64.0 Å². The lowest BCUT2D eigenvalue weighted by atomic mass is 10.1. The molecule has 0 unspecified atom stereocenters. The van der Waals surface area contributed by atoms with Gasteiger partial charge >= 0.3 is 6.18 Å². The molecule has 0 aliphatic carbocycles. The predicted octanol–water partition coefficient (Wildman–Crippen LogP) is 3.51. The maximum Gasteiger partial charge on any atom is 0.416 e. The zero-order chi connectivity index (χ0) is 20.1. The van der Waals surface area contributed by atoms with Crippen molar-refractivity contribution in [2.75, 3.05) is 0 Å². The first kappa shape index (κ1) is 19.6. The second-order valence-corrected chi connectivity index (χ2v) is 6.34. The number of alkyl halides is 3. The van der Waals surface area contributed by atoms with Crippen molar-refractivity contribution in [2.45, 2.75) is 32.1 Å².